The van der Waals surface area contributed by atoms with E-state index in [1.165, 1.54) is 25.9 Å². The standard InChI is InChI=1S/C12H17BrN2O/c1-10-4-5-14-12(11(10)13)16-9-8-15-6-2-3-7-15/h4-5H,2-3,6-9H2,1H3. The number of aryl methyl sites for hydroxylation is 1. The first-order valence-electron chi connectivity index (χ1n) is 5.73. The largest absolute Gasteiger partial charge is 0.475 e. The smallest absolute Gasteiger partial charge is 0.228 e. The van der Waals surface area contributed by atoms with Crippen LogP contribution in [0.25, 0.3) is 0 Å². The van der Waals surface area contributed by atoms with E-state index in [0.29, 0.717) is 5.88 Å². The molecule has 2 rings (SSSR count). The Morgan fingerprint density at radius 1 is 1.44 bits per heavy atom. The summed E-state index contributed by atoms with van der Waals surface area (Å²) in [6, 6.07) is 1.97. The summed E-state index contributed by atoms with van der Waals surface area (Å²) in [5.74, 6) is 0.708. The first-order valence-corrected chi connectivity index (χ1v) is 6.53. The van der Waals surface area contributed by atoms with Crippen LogP contribution in [0.15, 0.2) is 16.7 Å². The molecule has 0 amide bonds. The van der Waals surface area contributed by atoms with E-state index in [0.717, 1.165) is 23.2 Å². The summed E-state index contributed by atoms with van der Waals surface area (Å²) in [4.78, 5) is 6.65. The maximum atomic E-state index is 5.68. The van der Waals surface area contributed by atoms with E-state index in [1.807, 2.05) is 13.0 Å². The van der Waals surface area contributed by atoms with Crippen molar-refractivity contribution in [1.82, 2.24) is 9.88 Å². The number of aromatic nitrogens is 1. The van der Waals surface area contributed by atoms with Gasteiger partial charge >= 0.3 is 0 Å². The fourth-order valence-corrected chi connectivity index (χ4v) is 2.24. The zero-order valence-corrected chi connectivity index (χ0v) is 11.2. The Labute approximate surface area is 105 Å². The van der Waals surface area contributed by atoms with Gasteiger partial charge in [-0.15, -0.1) is 0 Å². The number of pyridine rings is 1. The van der Waals surface area contributed by atoms with E-state index in [2.05, 4.69) is 25.8 Å². The van der Waals surface area contributed by atoms with Crippen molar-refractivity contribution >= 4 is 15.9 Å². The number of ether oxygens (including phenoxy) is 1. The molecule has 0 N–H and O–H groups in total. The number of hydrogen-bond donors (Lipinski definition) is 0. The number of likely N-dealkylation sites (tertiary alicyclic amines) is 1. The van der Waals surface area contributed by atoms with Gasteiger partial charge in [-0.05, 0) is 60.4 Å². The molecule has 0 bridgehead atoms. The van der Waals surface area contributed by atoms with Gasteiger partial charge in [-0.3, -0.25) is 4.90 Å². The normalized spacial score (nSPS) is 16.6. The number of rotatable bonds is 4. The summed E-state index contributed by atoms with van der Waals surface area (Å²) in [5, 5.41) is 0. The second-order valence-electron chi connectivity index (χ2n) is 4.14. The SMILES string of the molecule is Cc1ccnc(OCCN2CCCC2)c1Br. The number of halogens is 1. The minimum Gasteiger partial charge on any atom is -0.475 e. The van der Waals surface area contributed by atoms with Crippen molar-refractivity contribution in [3.05, 3.63) is 22.3 Å². The maximum Gasteiger partial charge on any atom is 0.228 e. The van der Waals surface area contributed by atoms with Gasteiger partial charge in [0.1, 0.15) is 6.61 Å². The van der Waals surface area contributed by atoms with Gasteiger partial charge in [0, 0.05) is 12.7 Å². The molecule has 4 heteroatoms. The second-order valence-corrected chi connectivity index (χ2v) is 4.94. The highest BCUT2D eigenvalue weighted by Crippen LogP contribution is 2.25. The fourth-order valence-electron chi connectivity index (χ4n) is 1.89. The molecule has 3 nitrogen and oxygen atoms in total. The maximum absolute atomic E-state index is 5.68. The second kappa shape index (κ2) is 5.64. The summed E-state index contributed by atoms with van der Waals surface area (Å²) in [6.07, 6.45) is 4.43. The van der Waals surface area contributed by atoms with Crippen LogP contribution in [0, 0.1) is 6.92 Å². The molecule has 88 valence electrons. The highest BCUT2D eigenvalue weighted by atomic mass is 79.9. The molecule has 1 aliphatic heterocycles. The molecule has 0 aliphatic carbocycles. The molecule has 0 unspecified atom stereocenters. The molecule has 0 saturated carbocycles. The molecule has 0 radical (unpaired) electrons. The predicted octanol–water partition coefficient (Wildman–Crippen LogP) is 2.63. The molecule has 16 heavy (non-hydrogen) atoms. The van der Waals surface area contributed by atoms with Crippen molar-refractivity contribution in [3.8, 4) is 5.88 Å². The van der Waals surface area contributed by atoms with Gasteiger partial charge in [-0.2, -0.15) is 0 Å². The number of nitrogens with zero attached hydrogens (tertiary/aromatic N) is 2. The lowest BCUT2D eigenvalue weighted by Crippen LogP contribution is -2.25. The first kappa shape index (κ1) is 11.9. The van der Waals surface area contributed by atoms with Gasteiger partial charge in [0.25, 0.3) is 0 Å². The Morgan fingerprint density at radius 2 is 2.19 bits per heavy atom. The third-order valence-corrected chi connectivity index (χ3v) is 3.86. The number of hydrogen-bond acceptors (Lipinski definition) is 3. The monoisotopic (exact) mass is 284 g/mol. The van der Waals surface area contributed by atoms with Crippen LogP contribution in [0.2, 0.25) is 0 Å². The quantitative estimate of drug-likeness (QED) is 0.850. The summed E-state index contributed by atoms with van der Waals surface area (Å²) in [7, 11) is 0. The van der Waals surface area contributed by atoms with E-state index in [-0.39, 0.29) is 0 Å². The lowest BCUT2D eigenvalue weighted by atomic mass is 10.3. The fraction of sp³-hybridized carbons (Fsp3) is 0.583. The van der Waals surface area contributed by atoms with Gasteiger partial charge in [0.15, 0.2) is 0 Å². The Balaban J connectivity index is 1.82. The summed E-state index contributed by atoms with van der Waals surface area (Å²) < 4.78 is 6.65. The molecule has 1 aromatic heterocycles. The van der Waals surface area contributed by atoms with Crippen LogP contribution >= 0.6 is 15.9 Å². The molecule has 0 aromatic carbocycles. The zero-order chi connectivity index (χ0) is 11.4. The third kappa shape index (κ3) is 2.95. The zero-order valence-electron chi connectivity index (χ0n) is 9.58. The Kier molecular flexibility index (Phi) is 4.18. The van der Waals surface area contributed by atoms with Crippen LogP contribution in [0.3, 0.4) is 0 Å². The molecule has 1 aromatic rings. The van der Waals surface area contributed by atoms with Crippen LogP contribution in [0.5, 0.6) is 5.88 Å². The van der Waals surface area contributed by atoms with E-state index < -0.39 is 0 Å². The van der Waals surface area contributed by atoms with Gasteiger partial charge in [-0.25, -0.2) is 4.98 Å². The average molecular weight is 285 g/mol. The Bertz CT molecular complexity index is 351. The summed E-state index contributed by atoms with van der Waals surface area (Å²) in [6.45, 7) is 6.19. The van der Waals surface area contributed by atoms with Crippen LogP contribution < -0.4 is 4.74 Å². The van der Waals surface area contributed by atoms with Crippen LogP contribution in [-0.2, 0) is 0 Å². The molecule has 1 saturated heterocycles. The van der Waals surface area contributed by atoms with E-state index in [4.69, 9.17) is 4.74 Å². The van der Waals surface area contributed by atoms with E-state index >= 15 is 0 Å². The van der Waals surface area contributed by atoms with Crippen molar-refractivity contribution in [2.45, 2.75) is 19.8 Å². The Morgan fingerprint density at radius 3 is 2.94 bits per heavy atom. The first-order chi connectivity index (χ1) is 7.77. The molecular weight excluding hydrogens is 268 g/mol. The molecule has 1 aliphatic rings. The lowest BCUT2D eigenvalue weighted by molar-refractivity contribution is 0.231. The Hall–Kier alpha value is -0.610. The summed E-state index contributed by atoms with van der Waals surface area (Å²) in [5.41, 5.74) is 1.16. The van der Waals surface area contributed by atoms with Gasteiger partial charge in [0.05, 0.1) is 4.47 Å². The summed E-state index contributed by atoms with van der Waals surface area (Å²) >= 11 is 3.49. The highest BCUT2D eigenvalue weighted by Gasteiger charge is 2.11. The molecule has 2 heterocycles. The van der Waals surface area contributed by atoms with Crippen molar-refractivity contribution < 1.29 is 4.74 Å². The van der Waals surface area contributed by atoms with Crippen LogP contribution in [0.1, 0.15) is 18.4 Å². The molecule has 0 atom stereocenters. The van der Waals surface area contributed by atoms with Crippen molar-refractivity contribution in [2.24, 2.45) is 0 Å². The highest BCUT2D eigenvalue weighted by molar-refractivity contribution is 9.10. The van der Waals surface area contributed by atoms with Crippen molar-refractivity contribution in [3.63, 3.8) is 0 Å². The third-order valence-electron chi connectivity index (χ3n) is 2.90. The van der Waals surface area contributed by atoms with E-state index in [1.54, 1.807) is 6.20 Å². The van der Waals surface area contributed by atoms with Crippen LogP contribution in [0.4, 0.5) is 0 Å². The minimum absolute atomic E-state index is 0.708. The topological polar surface area (TPSA) is 25.4 Å². The minimum atomic E-state index is 0.708. The van der Waals surface area contributed by atoms with Crippen molar-refractivity contribution in [1.29, 1.82) is 0 Å². The molecular formula is C12H17BrN2O. The average Bonchev–Trinajstić information content (AvgIpc) is 2.77. The van der Waals surface area contributed by atoms with Crippen LogP contribution in [-0.4, -0.2) is 36.1 Å². The van der Waals surface area contributed by atoms with Crippen molar-refractivity contribution in [2.75, 3.05) is 26.2 Å². The van der Waals surface area contributed by atoms with Gasteiger partial charge < -0.3 is 4.74 Å². The molecule has 1 fully saturated rings. The van der Waals surface area contributed by atoms with Gasteiger partial charge in [0.2, 0.25) is 5.88 Å². The lowest BCUT2D eigenvalue weighted by Gasteiger charge is -2.15. The predicted molar refractivity (Wildman–Crippen MR) is 67.8 cm³/mol. The van der Waals surface area contributed by atoms with E-state index in [9.17, 15) is 0 Å². The molecule has 0 spiro atoms. The van der Waals surface area contributed by atoms with Gasteiger partial charge in [-0.1, -0.05) is 0 Å².